The van der Waals surface area contributed by atoms with Gasteiger partial charge in [-0.2, -0.15) is 5.10 Å². The fourth-order valence-electron chi connectivity index (χ4n) is 1.24. The Bertz CT molecular complexity index is 638. The van der Waals surface area contributed by atoms with Gasteiger partial charge < -0.3 is 5.73 Å². The highest BCUT2D eigenvalue weighted by molar-refractivity contribution is 7.92. The number of aromatic nitrogens is 2. The van der Waals surface area contributed by atoms with Gasteiger partial charge in [0.15, 0.2) is 0 Å². The summed E-state index contributed by atoms with van der Waals surface area (Å²) in [7, 11) is -3.93. The summed E-state index contributed by atoms with van der Waals surface area (Å²) >= 11 is 0. The molecule has 0 radical (unpaired) electrons. The standard InChI is InChI=1S/C9H9FN4O2S/c10-6-3-1-2-4-7(6)14-17(15,16)8-5-12-13-9(8)11/h1-5,14H,(H3,11,12,13). The van der Waals surface area contributed by atoms with Crippen molar-refractivity contribution in [3.05, 3.63) is 36.3 Å². The number of hydrogen-bond acceptors (Lipinski definition) is 4. The Kier molecular flexibility index (Phi) is 2.72. The van der Waals surface area contributed by atoms with Crippen molar-refractivity contribution >= 4 is 21.5 Å². The Morgan fingerprint density at radius 1 is 1.35 bits per heavy atom. The number of sulfonamides is 1. The second-order valence-electron chi connectivity index (χ2n) is 3.23. The van der Waals surface area contributed by atoms with Crippen molar-refractivity contribution in [1.82, 2.24) is 10.2 Å². The van der Waals surface area contributed by atoms with Crippen molar-refractivity contribution in [1.29, 1.82) is 0 Å². The molecular weight excluding hydrogens is 247 g/mol. The smallest absolute Gasteiger partial charge is 0.267 e. The Morgan fingerprint density at radius 3 is 2.65 bits per heavy atom. The van der Waals surface area contributed by atoms with Crippen LogP contribution < -0.4 is 10.5 Å². The normalized spacial score (nSPS) is 11.4. The fraction of sp³-hybridized carbons (Fsp3) is 0. The first-order valence-corrected chi connectivity index (χ1v) is 6.05. The number of anilines is 2. The van der Waals surface area contributed by atoms with Crippen molar-refractivity contribution in [2.75, 3.05) is 10.5 Å². The van der Waals surface area contributed by atoms with E-state index in [4.69, 9.17) is 5.73 Å². The van der Waals surface area contributed by atoms with Gasteiger partial charge in [-0.1, -0.05) is 12.1 Å². The molecule has 0 spiro atoms. The van der Waals surface area contributed by atoms with Crippen LogP contribution >= 0.6 is 0 Å². The number of aromatic amines is 1. The average molecular weight is 256 g/mol. The van der Waals surface area contributed by atoms with Gasteiger partial charge in [0.25, 0.3) is 10.0 Å². The van der Waals surface area contributed by atoms with Gasteiger partial charge in [0.05, 0.1) is 11.9 Å². The predicted octanol–water partition coefficient (Wildman–Crippen LogP) is 0.932. The van der Waals surface area contributed by atoms with Gasteiger partial charge in [0.2, 0.25) is 0 Å². The van der Waals surface area contributed by atoms with E-state index in [0.717, 1.165) is 12.3 Å². The quantitative estimate of drug-likeness (QED) is 0.760. The van der Waals surface area contributed by atoms with Crippen LogP contribution in [0.15, 0.2) is 35.4 Å². The summed E-state index contributed by atoms with van der Waals surface area (Å²) in [5.74, 6) is -0.771. The van der Waals surface area contributed by atoms with E-state index >= 15 is 0 Å². The van der Waals surface area contributed by atoms with Gasteiger partial charge in [0, 0.05) is 0 Å². The Labute approximate surface area is 96.7 Å². The molecule has 4 N–H and O–H groups in total. The van der Waals surface area contributed by atoms with Gasteiger partial charge in [-0.3, -0.25) is 9.82 Å². The number of nitrogens with one attached hydrogen (secondary N) is 2. The minimum atomic E-state index is -3.93. The van der Waals surface area contributed by atoms with Gasteiger partial charge >= 0.3 is 0 Å². The lowest BCUT2D eigenvalue weighted by atomic mass is 10.3. The molecule has 0 atom stereocenters. The first-order chi connectivity index (χ1) is 8.00. The maximum absolute atomic E-state index is 13.3. The van der Waals surface area contributed by atoms with Crippen molar-refractivity contribution < 1.29 is 12.8 Å². The Balaban J connectivity index is 2.37. The van der Waals surface area contributed by atoms with Crippen LogP contribution in [0.5, 0.6) is 0 Å². The molecule has 0 aliphatic carbocycles. The molecule has 1 aromatic carbocycles. The zero-order chi connectivity index (χ0) is 12.5. The lowest BCUT2D eigenvalue weighted by molar-refractivity contribution is 0.599. The molecule has 0 bridgehead atoms. The molecule has 2 rings (SSSR count). The van der Waals surface area contributed by atoms with E-state index in [2.05, 4.69) is 14.9 Å². The molecule has 0 saturated heterocycles. The lowest BCUT2D eigenvalue weighted by Gasteiger charge is -2.07. The number of para-hydroxylation sites is 1. The summed E-state index contributed by atoms with van der Waals surface area (Å²) in [5.41, 5.74) is 5.24. The summed E-state index contributed by atoms with van der Waals surface area (Å²) in [6.45, 7) is 0. The number of nitrogens with two attached hydrogens (primary N) is 1. The highest BCUT2D eigenvalue weighted by Crippen LogP contribution is 2.20. The van der Waals surface area contributed by atoms with E-state index in [-0.39, 0.29) is 16.4 Å². The Morgan fingerprint density at radius 2 is 2.06 bits per heavy atom. The molecule has 0 aliphatic heterocycles. The summed E-state index contributed by atoms with van der Waals surface area (Å²) in [4.78, 5) is -0.222. The van der Waals surface area contributed by atoms with Gasteiger partial charge in [-0.15, -0.1) is 0 Å². The first kappa shape index (κ1) is 11.4. The maximum atomic E-state index is 13.3. The van der Waals surface area contributed by atoms with Crippen LogP contribution in [0.1, 0.15) is 0 Å². The molecule has 8 heteroatoms. The third-order valence-electron chi connectivity index (χ3n) is 2.04. The summed E-state index contributed by atoms with van der Waals surface area (Å²) in [6, 6.07) is 5.43. The molecule has 0 aliphatic rings. The topological polar surface area (TPSA) is 101 Å². The highest BCUT2D eigenvalue weighted by atomic mass is 32.2. The van der Waals surface area contributed by atoms with Crippen LogP contribution in [0.25, 0.3) is 0 Å². The molecule has 0 unspecified atom stereocenters. The molecule has 0 saturated carbocycles. The van der Waals surface area contributed by atoms with E-state index in [1.165, 1.54) is 18.2 Å². The predicted molar refractivity (Wildman–Crippen MR) is 60.2 cm³/mol. The van der Waals surface area contributed by atoms with E-state index < -0.39 is 15.8 Å². The molecule has 17 heavy (non-hydrogen) atoms. The number of benzene rings is 1. The van der Waals surface area contributed by atoms with E-state index in [0.29, 0.717) is 0 Å². The summed E-state index contributed by atoms with van der Waals surface area (Å²) < 4.78 is 39.0. The first-order valence-electron chi connectivity index (χ1n) is 4.57. The third-order valence-corrected chi connectivity index (χ3v) is 3.43. The minimum Gasteiger partial charge on any atom is -0.383 e. The number of halogens is 1. The van der Waals surface area contributed by atoms with Gasteiger partial charge in [-0.25, -0.2) is 12.8 Å². The summed E-state index contributed by atoms with van der Waals surface area (Å²) in [6.07, 6.45) is 1.05. The molecule has 6 nitrogen and oxygen atoms in total. The second-order valence-corrected chi connectivity index (χ2v) is 4.88. The van der Waals surface area contributed by atoms with E-state index in [1.54, 1.807) is 0 Å². The number of hydrogen-bond donors (Lipinski definition) is 3. The van der Waals surface area contributed by atoms with Crippen molar-refractivity contribution in [2.45, 2.75) is 4.90 Å². The SMILES string of the molecule is Nc1[nH]ncc1S(=O)(=O)Nc1ccccc1F. The van der Waals surface area contributed by atoms with E-state index in [9.17, 15) is 12.8 Å². The van der Waals surface area contributed by atoms with E-state index in [1.807, 2.05) is 0 Å². The Hall–Kier alpha value is -2.09. The molecule has 2 aromatic rings. The van der Waals surface area contributed by atoms with Gasteiger partial charge in [-0.05, 0) is 12.1 Å². The molecule has 1 heterocycles. The maximum Gasteiger partial charge on any atom is 0.267 e. The second kappa shape index (κ2) is 4.06. The van der Waals surface area contributed by atoms with Crippen LogP contribution in [-0.4, -0.2) is 18.6 Å². The monoisotopic (exact) mass is 256 g/mol. The molecule has 1 aromatic heterocycles. The van der Waals surface area contributed by atoms with Crippen LogP contribution in [0.4, 0.5) is 15.9 Å². The molecule has 0 amide bonds. The molecule has 0 fully saturated rings. The van der Waals surface area contributed by atoms with Crippen molar-refractivity contribution in [2.24, 2.45) is 0 Å². The van der Waals surface area contributed by atoms with Crippen LogP contribution in [0.2, 0.25) is 0 Å². The molecular formula is C9H9FN4O2S. The zero-order valence-electron chi connectivity index (χ0n) is 8.51. The van der Waals surface area contributed by atoms with Crippen LogP contribution in [0.3, 0.4) is 0 Å². The minimum absolute atomic E-state index is 0.103. The fourth-order valence-corrected chi connectivity index (χ4v) is 2.33. The van der Waals surface area contributed by atoms with Gasteiger partial charge in [0.1, 0.15) is 16.5 Å². The largest absolute Gasteiger partial charge is 0.383 e. The third kappa shape index (κ3) is 2.21. The summed E-state index contributed by atoms with van der Waals surface area (Å²) in [5, 5.41) is 5.78. The highest BCUT2D eigenvalue weighted by Gasteiger charge is 2.20. The van der Waals surface area contributed by atoms with Crippen molar-refractivity contribution in [3.63, 3.8) is 0 Å². The number of H-pyrrole nitrogens is 1. The van der Waals surface area contributed by atoms with Crippen molar-refractivity contribution in [3.8, 4) is 0 Å². The number of nitrogens with zero attached hydrogens (tertiary/aromatic N) is 1. The van der Waals surface area contributed by atoms with Crippen LogP contribution in [0, 0.1) is 5.82 Å². The van der Waals surface area contributed by atoms with Crippen LogP contribution in [-0.2, 0) is 10.0 Å². The number of rotatable bonds is 3. The molecule has 90 valence electrons. The zero-order valence-corrected chi connectivity index (χ0v) is 9.33. The number of nitrogen functional groups attached to an aromatic ring is 1. The lowest BCUT2D eigenvalue weighted by Crippen LogP contribution is -2.14. The average Bonchev–Trinajstić information content (AvgIpc) is 2.68.